The number of aromatic nitrogens is 3. The predicted molar refractivity (Wildman–Crippen MR) is 194 cm³/mol. The molecular formula is C44H31N3. The second kappa shape index (κ2) is 10.6. The van der Waals surface area contributed by atoms with E-state index in [1.165, 1.54) is 49.5 Å². The van der Waals surface area contributed by atoms with Gasteiger partial charge in [-0.1, -0.05) is 123 Å². The second-order valence-corrected chi connectivity index (χ2v) is 12.9. The molecule has 8 aromatic rings. The number of fused-ring (bicyclic) bond motifs is 6. The van der Waals surface area contributed by atoms with Gasteiger partial charge in [0.1, 0.15) is 0 Å². The number of rotatable bonds is 4. The minimum Gasteiger partial charge on any atom is -0.264 e. The van der Waals surface area contributed by atoms with Crippen molar-refractivity contribution in [2.45, 2.75) is 19.3 Å². The van der Waals surface area contributed by atoms with Crippen LogP contribution in [-0.2, 0) is 5.41 Å². The quantitative estimate of drug-likeness (QED) is 0.201. The largest absolute Gasteiger partial charge is 0.264 e. The Labute approximate surface area is 274 Å². The van der Waals surface area contributed by atoms with Crippen molar-refractivity contribution in [1.82, 2.24) is 15.0 Å². The van der Waals surface area contributed by atoms with Crippen molar-refractivity contribution in [1.29, 1.82) is 0 Å². The number of hydrogen-bond donors (Lipinski definition) is 0. The maximum Gasteiger partial charge on any atom is 0.161 e. The third-order valence-corrected chi connectivity index (χ3v) is 9.79. The summed E-state index contributed by atoms with van der Waals surface area (Å²) in [5, 5.41) is 4.91. The van der Waals surface area contributed by atoms with Gasteiger partial charge in [-0.05, 0) is 85.3 Å². The molecule has 3 nitrogen and oxygen atoms in total. The summed E-state index contributed by atoms with van der Waals surface area (Å²) < 4.78 is 0. The molecule has 0 amide bonds. The van der Waals surface area contributed by atoms with Gasteiger partial charge in [0.15, 0.2) is 5.82 Å². The van der Waals surface area contributed by atoms with Gasteiger partial charge in [0.05, 0.1) is 11.4 Å². The molecule has 222 valence electrons. The fourth-order valence-electron chi connectivity index (χ4n) is 7.41. The van der Waals surface area contributed by atoms with Crippen molar-refractivity contribution in [2.75, 3.05) is 0 Å². The van der Waals surface area contributed by atoms with Gasteiger partial charge >= 0.3 is 0 Å². The summed E-state index contributed by atoms with van der Waals surface area (Å²) in [6.07, 6.45) is 3.65. The molecule has 0 spiro atoms. The van der Waals surface area contributed by atoms with Gasteiger partial charge in [-0.3, -0.25) is 4.98 Å². The molecule has 3 heteroatoms. The number of pyridine rings is 1. The molecule has 0 bridgehead atoms. The van der Waals surface area contributed by atoms with Crippen molar-refractivity contribution < 1.29 is 0 Å². The third kappa shape index (κ3) is 4.39. The minimum absolute atomic E-state index is 0.102. The molecule has 0 atom stereocenters. The van der Waals surface area contributed by atoms with Crippen LogP contribution >= 0.6 is 0 Å². The fourth-order valence-corrected chi connectivity index (χ4v) is 7.41. The molecule has 0 N–H and O–H groups in total. The molecule has 0 aliphatic heterocycles. The Balaban J connectivity index is 1.21. The van der Waals surface area contributed by atoms with Crippen LogP contribution in [0.5, 0.6) is 0 Å². The van der Waals surface area contributed by atoms with Crippen LogP contribution in [0.15, 0.2) is 152 Å². The first-order valence-corrected chi connectivity index (χ1v) is 16.1. The average Bonchev–Trinajstić information content (AvgIpc) is 3.37. The van der Waals surface area contributed by atoms with Gasteiger partial charge in [-0.25, -0.2) is 9.97 Å². The molecule has 2 heterocycles. The lowest BCUT2D eigenvalue weighted by Gasteiger charge is -2.22. The molecule has 0 saturated heterocycles. The highest BCUT2D eigenvalue weighted by Crippen LogP contribution is 2.52. The summed E-state index contributed by atoms with van der Waals surface area (Å²) in [6, 6.07) is 49.8. The summed E-state index contributed by atoms with van der Waals surface area (Å²) >= 11 is 0. The van der Waals surface area contributed by atoms with Crippen LogP contribution in [0.4, 0.5) is 0 Å². The number of benzene rings is 6. The van der Waals surface area contributed by atoms with E-state index in [0.717, 1.165) is 33.5 Å². The second-order valence-electron chi connectivity index (χ2n) is 12.9. The molecule has 9 rings (SSSR count). The Kier molecular flexibility index (Phi) is 6.16. The molecule has 47 heavy (non-hydrogen) atoms. The zero-order valence-corrected chi connectivity index (χ0v) is 26.3. The first-order valence-electron chi connectivity index (χ1n) is 16.1. The van der Waals surface area contributed by atoms with Crippen LogP contribution in [0.25, 0.3) is 77.7 Å². The average molecular weight is 602 g/mol. The standard InChI is InChI=1S/C44H31N3/c1-44(2)38-23-19-28-11-6-7-15-33(28)42(38)37-20-18-30(25-39(37)44)32-21-22-36(35-17-9-8-16-34(32)35)43-46-40(29-12-4-3-5-13-29)26-41(47-43)31-14-10-24-45-27-31/h3-27H,1-2H3. The molecular weight excluding hydrogens is 571 g/mol. The summed E-state index contributed by atoms with van der Waals surface area (Å²) in [6.45, 7) is 4.71. The fraction of sp³-hybridized carbons (Fsp3) is 0.0682. The van der Waals surface area contributed by atoms with Gasteiger partial charge in [-0.2, -0.15) is 0 Å². The van der Waals surface area contributed by atoms with Crippen molar-refractivity contribution in [3.05, 3.63) is 163 Å². The lowest BCUT2D eigenvalue weighted by Crippen LogP contribution is -2.15. The summed E-state index contributed by atoms with van der Waals surface area (Å²) in [5.74, 6) is 0.699. The molecule has 0 radical (unpaired) electrons. The lowest BCUT2D eigenvalue weighted by molar-refractivity contribution is 0.661. The van der Waals surface area contributed by atoms with E-state index < -0.39 is 0 Å². The molecule has 2 aromatic heterocycles. The summed E-state index contributed by atoms with van der Waals surface area (Å²) in [4.78, 5) is 14.6. The zero-order chi connectivity index (χ0) is 31.5. The van der Waals surface area contributed by atoms with Gasteiger partial charge in [0, 0.05) is 34.5 Å². The van der Waals surface area contributed by atoms with Crippen molar-refractivity contribution in [3.8, 4) is 56.2 Å². The van der Waals surface area contributed by atoms with Gasteiger partial charge in [0.2, 0.25) is 0 Å². The van der Waals surface area contributed by atoms with E-state index in [0.29, 0.717) is 5.82 Å². The van der Waals surface area contributed by atoms with Crippen LogP contribution in [-0.4, -0.2) is 15.0 Å². The Hall–Kier alpha value is -5.93. The van der Waals surface area contributed by atoms with Crippen LogP contribution in [0.3, 0.4) is 0 Å². The van der Waals surface area contributed by atoms with E-state index in [1.54, 1.807) is 6.20 Å². The highest BCUT2D eigenvalue weighted by Gasteiger charge is 2.36. The maximum absolute atomic E-state index is 5.13. The Morgan fingerprint density at radius 1 is 0.468 bits per heavy atom. The highest BCUT2D eigenvalue weighted by molar-refractivity contribution is 6.06. The highest BCUT2D eigenvalue weighted by atomic mass is 14.9. The molecule has 6 aromatic carbocycles. The first kappa shape index (κ1) is 27.4. The van der Waals surface area contributed by atoms with E-state index in [4.69, 9.17) is 9.97 Å². The van der Waals surface area contributed by atoms with E-state index >= 15 is 0 Å². The zero-order valence-electron chi connectivity index (χ0n) is 26.3. The van der Waals surface area contributed by atoms with E-state index in [-0.39, 0.29) is 5.41 Å². The molecule has 0 fully saturated rings. The van der Waals surface area contributed by atoms with Gasteiger partial charge in [0.25, 0.3) is 0 Å². The maximum atomic E-state index is 5.13. The molecule has 1 aliphatic carbocycles. The van der Waals surface area contributed by atoms with Crippen molar-refractivity contribution >= 4 is 21.5 Å². The monoisotopic (exact) mass is 601 g/mol. The lowest BCUT2D eigenvalue weighted by atomic mass is 9.81. The SMILES string of the molecule is CC1(C)c2cc(-c3ccc(-c4nc(-c5ccccc5)cc(-c5cccnc5)n4)c4ccccc34)ccc2-c2c1ccc1ccccc21. The third-order valence-electron chi connectivity index (χ3n) is 9.79. The van der Waals surface area contributed by atoms with Crippen LogP contribution in [0, 0.1) is 0 Å². The van der Waals surface area contributed by atoms with Crippen LogP contribution in [0.1, 0.15) is 25.0 Å². The normalized spacial score (nSPS) is 13.1. The topological polar surface area (TPSA) is 38.7 Å². The van der Waals surface area contributed by atoms with Crippen molar-refractivity contribution in [2.24, 2.45) is 0 Å². The Morgan fingerprint density at radius 2 is 1.13 bits per heavy atom. The van der Waals surface area contributed by atoms with E-state index in [9.17, 15) is 0 Å². The van der Waals surface area contributed by atoms with Crippen molar-refractivity contribution in [3.63, 3.8) is 0 Å². The summed E-state index contributed by atoms with van der Waals surface area (Å²) in [7, 11) is 0. The number of nitrogens with zero attached hydrogens (tertiary/aromatic N) is 3. The van der Waals surface area contributed by atoms with E-state index in [1.807, 2.05) is 36.5 Å². The molecule has 0 unspecified atom stereocenters. The van der Waals surface area contributed by atoms with Gasteiger partial charge < -0.3 is 0 Å². The summed E-state index contributed by atoms with van der Waals surface area (Å²) in [5.41, 5.74) is 12.5. The van der Waals surface area contributed by atoms with Gasteiger partial charge in [-0.15, -0.1) is 0 Å². The van der Waals surface area contributed by atoms with Crippen LogP contribution < -0.4 is 0 Å². The Bertz CT molecular complexity index is 2420. The first-order chi connectivity index (χ1) is 23.1. The number of hydrogen-bond acceptors (Lipinski definition) is 3. The Morgan fingerprint density at radius 3 is 1.91 bits per heavy atom. The molecule has 0 saturated carbocycles. The predicted octanol–water partition coefficient (Wildman–Crippen LogP) is 11.2. The smallest absolute Gasteiger partial charge is 0.161 e. The minimum atomic E-state index is -0.102. The molecule has 1 aliphatic rings. The van der Waals surface area contributed by atoms with Crippen LogP contribution in [0.2, 0.25) is 0 Å². The van der Waals surface area contributed by atoms with E-state index in [2.05, 4.69) is 128 Å².